The van der Waals surface area contributed by atoms with E-state index in [0.717, 1.165) is 0 Å². The second-order valence-electron chi connectivity index (χ2n) is 2.70. The molecule has 0 radical (unpaired) electrons. The van der Waals surface area contributed by atoms with Crippen LogP contribution in [0.15, 0.2) is 11.1 Å². The van der Waals surface area contributed by atoms with Crippen LogP contribution in [0.4, 0.5) is 0 Å². The summed E-state index contributed by atoms with van der Waals surface area (Å²) in [7, 11) is 0. The first-order valence-electron chi connectivity index (χ1n) is 13.2. The molecule has 1 rings (SSSR count). The van der Waals surface area contributed by atoms with Crippen LogP contribution in [0.5, 0.6) is 0 Å². The first-order valence-corrected chi connectivity index (χ1v) is 3.20. The molecule has 0 atom stereocenters. The van der Waals surface area contributed by atoms with Crippen molar-refractivity contribution >= 4 is 5.78 Å². The van der Waals surface area contributed by atoms with Crippen LogP contribution >= 0.6 is 0 Å². The molecule has 13 heavy (non-hydrogen) atoms. The molecule has 0 saturated carbocycles. The number of allylic oxidation sites excluding steroid dienone is 2. The van der Waals surface area contributed by atoms with Crippen molar-refractivity contribution < 1.29 is 32.2 Å². The zero-order valence-electron chi connectivity index (χ0n) is 26.4. The van der Waals surface area contributed by atoms with E-state index in [1.165, 1.54) is 0 Å². The Bertz CT molecular complexity index is 805. The van der Waals surface area contributed by atoms with Crippen molar-refractivity contribution in [1.82, 2.24) is 0 Å². The van der Waals surface area contributed by atoms with Crippen LogP contribution in [0.1, 0.15) is 74.9 Å². The standard InChI is InChI=1S/C12H20O/c1-8-7-11(3,4)12(5,6)10(8)9(2)13/h7H2,1-6H3/i1D3,2D3,3D3,4D3,5D3,6D3,7D2. The van der Waals surface area contributed by atoms with Crippen LogP contribution in [-0.4, -0.2) is 5.78 Å². The van der Waals surface area contributed by atoms with Gasteiger partial charge in [0.2, 0.25) is 0 Å². The van der Waals surface area contributed by atoms with Gasteiger partial charge in [0.05, 0.1) is 0 Å². The molecule has 0 amide bonds. The Hall–Kier alpha value is -0.590. The molecule has 0 unspecified atom stereocenters. The lowest BCUT2D eigenvalue weighted by atomic mass is 9.67. The third-order valence-electron chi connectivity index (χ3n) is 1.73. The van der Waals surface area contributed by atoms with E-state index in [9.17, 15) is 4.79 Å². The Morgan fingerprint density at radius 3 is 2.69 bits per heavy atom. The summed E-state index contributed by atoms with van der Waals surface area (Å²) >= 11 is 0. The minimum absolute atomic E-state index is 2.09. The van der Waals surface area contributed by atoms with Gasteiger partial charge < -0.3 is 0 Å². The molecule has 0 bridgehead atoms. The van der Waals surface area contributed by atoms with Crippen molar-refractivity contribution in [1.29, 1.82) is 0 Å². The van der Waals surface area contributed by atoms with Gasteiger partial charge in [-0.3, -0.25) is 4.79 Å². The first kappa shape index (κ1) is 1.54. The van der Waals surface area contributed by atoms with Gasteiger partial charge in [-0.15, -0.1) is 0 Å². The molecule has 74 valence electrons. The fourth-order valence-corrected chi connectivity index (χ4v) is 1.00. The van der Waals surface area contributed by atoms with E-state index < -0.39 is 75.2 Å². The summed E-state index contributed by atoms with van der Waals surface area (Å²) in [6, 6.07) is 0. The zero-order chi connectivity index (χ0) is 27.2. The normalized spacial score (nSPS) is 57.5. The Balaban J connectivity index is 4.93. The summed E-state index contributed by atoms with van der Waals surface area (Å²) < 4.78 is 156. The molecule has 0 heterocycles. The highest BCUT2D eigenvalue weighted by molar-refractivity contribution is 5.96. The summed E-state index contributed by atoms with van der Waals surface area (Å²) in [6.07, 6.45) is -4.35. The fraction of sp³-hybridized carbons (Fsp3) is 0.750. The number of hydrogen-bond donors (Lipinski definition) is 0. The Kier molecular flexibility index (Phi) is 0.319. The molecule has 0 N–H and O–H groups in total. The summed E-state index contributed by atoms with van der Waals surface area (Å²) in [6.45, 7) is -25.6. The van der Waals surface area contributed by atoms with Crippen molar-refractivity contribution in [3.05, 3.63) is 11.1 Å². The second-order valence-corrected chi connectivity index (χ2v) is 2.70. The Labute approximate surface area is 109 Å². The number of carbonyl (C=O) groups excluding carboxylic acids is 1. The van der Waals surface area contributed by atoms with Gasteiger partial charge in [0.25, 0.3) is 0 Å². The summed E-state index contributed by atoms with van der Waals surface area (Å²) in [5.41, 5.74) is -13.5. The molecule has 0 aromatic heterocycles. The van der Waals surface area contributed by atoms with Crippen LogP contribution in [0, 0.1) is 10.8 Å². The van der Waals surface area contributed by atoms with Crippen molar-refractivity contribution in [3.8, 4) is 0 Å². The number of Topliss-reactive ketones (excluding diaryl/α,β-unsaturated/α-hetero) is 1. The van der Waals surface area contributed by atoms with Crippen LogP contribution < -0.4 is 0 Å². The number of rotatable bonds is 1. The van der Waals surface area contributed by atoms with E-state index >= 15 is 0 Å². The van der Waals surface area contributed by atoms with E-state index in [0.29, 0.717) is 0 Å². The number of carbonyl (C=O) groups is 1. The molecule has 0 fully saturated rings. The van der Waals surface area contributed by atoms with Gasteiger partial charge in [-0.05, 0) is 36.5 Å². The minimum atomic E-state index is -4.60. The van der Waals surface area contributed by atoms with E-state index in [2.05, 4.69) is 0 Å². The fourth-order valence-electron chi connectivity index (χ4n) is 1.00. The minimum Gasteiger partial charge on any atom is -0.295 e. The molecular weight excluding hydrogens is 160 g/mol. The molecule has 0 aromatic rings. The van der Waals surface area contributed by atoms with E-state index in [4.69, 9.17) is 27.4 Å². The monoisotopic (exact) mass is 200 g/mol. The largest absolute Gasteiger partial charge is 0.295 e. The molecule has 0 spiro atoms. The van der Waals surface area contributed by atoms with Crippen molar-refractivity contribution in [2.24, 2.45) is 10.8 Å². The molecule has 0 saturated heterocycles. The van der Waals surface area contributed by atoms with Gasteiger partial charge in [0.1, 0.15) is 0 Å². The van der Waals surface area contributed by atoms with Crippen LogP contribution in [0.25, 0.3) is 0 Å². The second kappa shape index (κ2) is 2.70. The highest BCUT2D eigenvalue weighted by atomic mass is 16.1. The molecular formula is C12H20O. The smallest absolute Gasteiger partial charge is 0.156 e. The highest BCUT2D eigenvalue weighted by Gasteiger charge is 2.47. The lowest BCUT2D eigenvalue weighted by Gasteiger charge is -2.37. The maximum atomic E-state index is 13.0. The van der Waals surface area contributed by atoms with E-state index in [1.807, 2.05) is 0 Å². The van der Waals surface area contributed by atoms with Gasteiger partial charge in [0.15, 0.2) is 5.78 Å². The zero-order valence-corrected chi connectivity index (χ0v) is 6.41. The van der Waals surface area contributed by atoms with Crippen LogP contribution in [0.3, 0.4) is 0 Å². The lowest BCUT2D eigenvalue weighted by Crippen LogP contribution is -2.31. The van der Waals surface area contributed by atoms with Crippen molar-refractivity contribution in [3.63, 3.8) is 0 Å². The van der Waals surface area contributed by atoms with Gasteiger partial charge in [0, 0.05) is 27.4 Å². The van der Waals surface area contributed by atoms with E-state index in [1.54, 1.807) is 0 Å². The maximum absolute atomic E-state index is 13.0. The van der Waals surface area contributed by atoms with E-state index in [-0.39, 0.29) is 0 Å². The molecule has 1 aliphatic rings. The number of ketones is 1. The van der Waals surface area contributed by atoms with Gasteiger partial charge in [-0.1, -0.05) is 33.0 Å². The third-order valence-corrected chi connectivity index (χ3v) is 1.73. The predicted molar refractivity (Wildman–Crippen MR) is 55.6 cm³/mol. The van der Waals surface area contributed by atoms with Gasteiger partial charge >= 0.3 is 0 Å². The quantitative estimate of drug-likeness (QED) is 0.634. The Morgan fingerprint density at radius 2 is 2.23 bits per heavy atom. The average molecular weight is 200 g/mol. The summed E-state index contributed by atoms with van der Waals surface area (Å²) in [4.78, 5) is 13.0. The molecule has 1 aliphatic carbocycles. The maximum Gasteiger partial charge on any atom is 0.156 e. The molecule has 0 aromatic carbocycles. The third kappa shape index (κ3) is 1.34. The molecule has 1 nitrogen and oxygen atoms in total. The predicted octanol–water partition coefficient (Wildman–Crippen LogP) is 3.35. The van der Waals surface area contributed by atoms with Crippen LogP contribution in [0.2, 0.25) is 0 Å². The summed E-state index contributed by atoms with van der Waals surface area (Å²) in [5, 5.41) is 0. The molecule has 0 aliphatic heterocycles. The first-order chi connectivity index (χ1) is 13.9. The average Bonchev–Trinajstić information content (AvgIpc) is 2.64. The lowest BCUT2D eigenvalue weighted by molar-refractivity contribution is -0.115. The van der Waals surface area contributed by atoms with Crippen molar-refractivity contribution in [2.75, 3.05) is 0 Å². The Morgan fingerprint density at radius 1 is 1.46 bits per heavy atom. The van der Waals surface area contributed by atoms with Gasteiger partial charge in [-0.2, -0.15) is 0 Å². The van der Waals surface area contributed by atoms with Gasteiger partial charge in [-0.25, -0.2) is 0 Å². The topological polar surface area (TPSA) is 17.1 Å². The molecule has 1 heteroatoms. The summed E-state index contributed by atoms with van der Waals surface area (Å²) in [5.74, 6) is -2.49. The van der Waals surface area contributed by atoms with Crippen LogP contribution in [-0.2, 0) is 4.79 Å². The van der Waals surface area contributed by atoms with Crippen molar-refractivity contribution in [2.45, 2.75) is 47.5 Å². The highest BCUT2D eigenvalue weighted by Crippen LogP contribution is 2.55. The number of hydrogen-bond acceptors (Lipinski definition) is 1. The SMILES string of the molecule is [2H]C([2H])([2H])C(=O)C1=C(C([2H])([2H])[2H])C([2H])([2H])C(C([2H])([2H])[2H])(C([2H])([2H])[2H])C1(C([2H])([2H])[2H])C([2H])([2H])[2H].